The summed E-state index contributed by atoms with van der Waals surface area (Å²) in [5.74, 6) is 0.765. The largest absolute Gasteiger partial charge is 0.229 e. The van der Waals surface area contributed by atoms with Crippen molar-refractivity contribution in [3.8, 4) is 0 Å². The van der Waals surface area contributed by atoms with Crippen LogP contribution in [0.4, 0.5) is 0 Å². The van der Waals surface area contributed by atoms with Gasteiger partial charge in [-0.25, -0.2) is 8.42 Å². The molecule has 0 spiro atoms. The Bertz CT molecular complexity index is 207. The number of hydrogen-bond acceptors (Lipinski definition) is 2. The van der Waals surface area contributed by atoms with Crippen molar-refractivity contribution >= 4 is 9.84 Å². The lowest BCUT2D eigenvalue weighted by Crippen LogP contribution is -2.14. The highest BCUT2D eigenvalue weighted by molar-refractivity contribution is 7.90. The molecule has 1 atom stereocenters. The third-order valence-corrected chi connectivity index (χ3v) is 3.28. The molecule has 0 aromatic heterocycles. The highest BCUT2D eigenvalue weighted by atomic mass is 32.2. The minimum Gasteiger partial charge on any atom is -0.229 e. The summed E-state index contributed by atoms with van der Waals surface area (Å²) in [4.78, 5) is 0. The van der Waals surface area contributed by atoms with Crippen LogP contribution in [0.2, 0.25) is 0 Å². The van der Waals surface area contributed by atoms with Gasteiger partial charge in [0, 0.05) is 6.26 Å². The number of rotatable bonds is 7. The van der Waals surface area contributed by atoms with E-state index in [1.54, 1.807) is 0 Å². The fraction of sp³-hybridized carbons (Fsp3) is 1.00. The molecule has 0 aliphatic heterocycles. The second-order valence-corrected chi connectivity index (χ2v) is 6.07. The summed E-state index contributed by atoms with van der Waals surface area (Å²) in [6.45, 7) is 4.25. The molecule has 0 aromatic rings. The molecule has 0 heterocycles. The van der Waals surface area contributed by atoms with Gasteiger partial charge in [0.2, 0.25) is 0 Å². The Labute approximate surface area is 82.6 Å². The number of sulfone groups is 1. The monoisotopic (exact) mass is 206 g/mol. The van der Waals surface area contributed by atoms with Gasteiger partial charge in [0.05, 0.1) is 5.75 Å². The predicted octanol–water partition coefficient (Wildman–Crippen LogP) is 2.64. The number of unbranched alkanes of at least 4 members (excludes halogenated alkanes) is 1. The van der Waals surface area contributed by atoms with Crippen LogP contribution in [0.1, 0.15) is 46.0 Å². The summed E-state index contributed by atoms with van der Waals surface area (Å²) in [7, 11) is -2.78. The molecule has 0 aromatic carbocycles. The molecule has 0 radical (unpaired) electrons. The van der Waals surface area contributed by atoms with E-state index in [9.17, 15) is 8.42 Å². The predicted molar refractivity (Wildman–Crippen MR) is 57.6 cm³/mol. The first-order valence-electron chi connectivity index (χ1n) is 5.17. The number of hydrogen-bond donors (Lipinski definition) is 0. The van der Waals surface area contributed by atoms with Crippen LogP contribution in [-0.2, 0) is 9.84 Å². The molecule has 0 aliphatic rings. The summed E-state index contributed by atoms with van der Waals surface area (Å²) in [6.07, 6.45) is 6.85. The lowest BCUT2D eigenvalue weighted by molar-refractivity contribution is 0.462. The maximum absolute atomic E-state index is 11.1. The van der Waals surface area contributed by atoms with Gasteiger partial charge in [0.25, 0.3) is 0 Å². The Kier molecular flexibility index (Phi) is 6.39. The summed E-state index contributed by atoms with van der Waals surface area (Å²) < 4.78 is 22.2. The van der Waals surface area contributed by atoms with Crippen molar-refractivity contribution in [1.29, 1.82) is 0 Å². The van der Waals surface area contributed by atoms with Gasteiger partial charge >= 0.3 is 0 Å². The van der Waals surface area contributed by atoms with Gasteiger partial charge in [-0.2, -0.15) is 0 Å². The van der Waals surface area contributed by atoms with Crippen molar-refractivity contribution in [1.82, 2.24) is 0 Å². The van der Waals surface area contributed by atoms with Gasteiger partial charge in [-0.15, -0.1) is 0 Å². The summed E-state index contributed by atoms with van der Waals surface area (Å²) in [5, 5.41) is 0. The van der Waals surface area contributed by atoms with Crippen LogP contribution in [0, 0.1) is 5.92 Å². The van der Waals surface area contributed by atoms with Crippen molar-refractivity contribution in [3.63, 3.8) is 0 Å². The minimum atomic E-state index is -2.78. The zero-order valence-corrected chi connectivity index (χ0v) is 9.86. The van der Waals surface area contributed by atoms with E-state index in [-0.39, 0.29) is 0 Å². The van der Waals surface area contributed by atoms with Crippen LogP contribution in [0.5, 0.6) is 0 Å². The Morgan fingerprint density at radius 2 is 1.69 bits per heavy atom. The maximum atomic E-state index is 11.1. The molecule has 0 N–H and O–H groups in total. The molecule has 0 aliphatic carbocycles. The van der Waals surface area contributed by atoms with Crippen molar-refractivity contribution in [3.05, 3.63) is 0 Å². The lowest BCUT2D eigenvalue weighted by atomic mass is 9.99. The van der Waals surface area contributed by atoms with Crippen molar-refractivity contribution < 1.29 is 8.42 Å². The quantitative estimate of drug-likeness (QED) is 0.641. The maximum Gasteiger partial charge on any atom is 0.147 e. The van der Waals surface area contributed by atoms with Crippen molar-refractivity contribution in [2.24, 2.45) is 5.92 Å². The third-order valence-electron chi connectivity index (χ3n) is 2.20. The van der Waals surface area contributed by atoms with Crippen LogP contribution in [0.3, 0.4) is 0 Å². The van der Waals surface area contributed by atoms with Gasteiger partial charge in [0.1, 0.15) is 9.84 Å². The molecule has 0 saturated carbocycles. The van der Waals surface area contributed by atoms with Crippen molar-refractivity contribution in [2.75, 3.05) is 12.0 Å². The van der Waals surface area contributed by atoms with Gasteiger partial charge in [-0.1, -0.05) is 33.1 Å². The molecule has 80 valence electrons. The molecular formula is C10H22O2S. The van der Waals surface area contributed by atoms with Crippen LogP contribution in [0.15, 0.2) is 0 Å². The topological polar surface area (TPSA) is 34.1 Å². The summed E-state index contributed by atoms with van der Waals surface area (Å²) in [6, 6.07) is 0. The van der Waals surface area contributed by atoms with E-state index in [4.69, 9.17) is 0 Å². The van der Waals surface area contributed by atoms with Crippen LogP contribution in [-0.4, -0.2) is 20.4 Å². The molecule has 3 heteroatoms. The van der Waals surface area contributed by atoms with E-state index < -0.39 is 9.84 Å². The highest BCUT2D eigenvalue weighted by Gasteiger charge is 2.13. The Morgan fingerprint density at radius 3 is 2.08 bits per heavy atom. The standard InChI is InChI=1S/C10H22O2S/c1-4-6-8-10(7-5-2)9-13(3,11)12/h10H,4-9H2,1-3H3. The van der Waals surface area contributed by atoms with E-state index >= 15 is 0 Å². The van der Waals surface area contributed by atoms with Crippen molar-refractivity contribution in [2.45, 2.75) is 46.0 Å². The zero-order chi connectivity index (χ0) is 10.3. The second-order valence-electron chi connectivity index (χ2n) is 3.89. The average Bonchev–Trinajstić information content (AvgIpc) is 1.98. The normalized spacial score (nSPS) is 14.4. The smallest absolute Gasteiger partial charge is 0.147 e. The zero-order valence-electron chi connectivity index (χ0n) is 9.04. The average molecular weight is 206 g/mol. The molecule has 0 saturated heterocycles. The van der Waals surface area contributed by atoms with E-state index in [1.807, 2.05) is 0 Å². The molecule has 0 amide bonds. The molecule has 0 fully saturated rings. The van der Waals surface area contributed by atoms with E-state index in [1.165, 1.54) is 6.26 Å². The SMILES string of the molecule is CCCCC(CCC)CS(C)(=O)=O. The van der Waals surface area contributed by atoms with Gasteiger partial charge in [-0.05, 0) is 18.8 Å². The van der Waals surface area contributed by atoms with Gasteiger partial charge in [-0.3, -0.25) is 0 Å². The fourth-order valence-corrected chi connectivity index (χ4v) is 2.83. The highest BCUT2D eigenvalue weighted by Crippen LogP contribution is 2.16. The minimum absolute atomic E-state index is 0.376. The molecule has 13 heavy (non-hydrogen) atoms. The summed E-state index contributed by atoms with van der Waals surface area (Å²) >= 11 is 0. The van der Waals surface area contributed by atoms with E-state index in [2.05, 4.69) is 13.8 Å². The van der Waals surface area contributed by atoms with E-state index in [0.717, 1.165) is 32.1 Å². The van der Waals surface area contributed by atoms with Crippen LogP contribution < -0.4 is 0 Å². The van der Waals surface area contributed by atoms with E-state index in [0.29, 0.717) is 11.7 Å². The van der Waals surface area contributed by atoms with Crippen LogP contribution in [0.25, 0.3) is 0 Å². The third kappa shape index (κ3) is 8.28. The second kappa shape index (κ2) is 6.41. The van der Waals surface area contributed by atoms with Crippen LogP contribution >= 0.6 is 0 Å². The van der Waals surface area contributed by atoms with Gasteiger partial charge < -0.3 is 0 Å². The fourth-order valence-electron chi connectivity index (χ4n) is 1.64. The first-order chi connectivity index (χ1) is 5.99. The molecule has 0 bridgehead atoms. The Hall–Kier alpha value is -0.0500. The Balaban J connectivity index is 3.94. The molecule has 1 unspecified atom stereocenters. The first-order valence-corrected chi connectivity index (χ1v) is 7.23. The molecular weight excluding hydrogens is 184 g/mol. The summed E-state index contributed by atoms with van der Waals surface area (Å²) in [5.41, 5.74) is 0. The molecule has 2 nitrogen and oxygen atoms in total. The Morgan fingerprint density at radius 1 is 1.08 bits per heavy atom. The first kappa shape index (κ1) is 12.9. The lowest BCUT2D eigenvalue weighted by Gasteiger charge is -2.13. The molecule has 0 rings (SSSR count). The van der Waals surface area contributed by atoms with Gasteiger partial charge in [0.15, 0.2) is 0 Å².